The Kier molecular flexibility index (Phi) is 7.31. The number of piperazine rings is 1. The third-order valence-electron chi connectivity index (χ3n) is 7.42. The van der Waals surface area contributed by atoms with Crippen molar-refractivity contribution in [3.63, 3.8) is 0 Å². The number of nitrogens with zero attached hydrogens (tertiary/aromatic N) is 7. The number of carbonyl (C=O) groups is 1. The maximum atomic E-state index is 15.2. The van der Waals surface area contributed by atoms with E-state index in [2.05, 4.69) is 15.0 Å². The molecule has 0 aliphatic carbocycles. The van der Waals surface area contributed by atoms with Crippen LogP contribution in [0, 0.1) is 5.82 Å². The molecule has 0 unspecified atom stereocenters. The normalized spacial score (nSPS) is 16.5. The molecule has 0 saturated carbocycles. The Morgan fingerprint density at radius 1 is 1.16 bits per heavy atom. The molecule has 1 fully saturated rings. The molecule has 14 heteroatoms. The first kappa shape index (κ1) is 29.5. The minimum absolute atomic E-state index is 0.0494. The van der Waals surface area contributed by atoms with Gasteiger partial charge in [0.15, 0.2) is 17.2 Å². The van der Waals surface area contributed by atoms with Crippen molar-refractivity contribution in [2.75, 3.05) is 31.1 Å². The van der Waals surface area contributed by atoms with Gasteiger partial charge in [0, 0.05) is 32.0 Å². The number of hydrogen-bond donors (Lipinski definition) is 1. The number of hydrogen-bond acceptors (Lipinski definition) is 10. The highest BCUT2D eigenvalue weighted by atomic mass is 35.5. The topological polar surface area (TPSA) is 136 Å². The molecule has 1 amide bonds. The second-order valence-electron chi connectivity index (χ2n) is 12.0. The number of phenolic OH excluding ortho intramolecular Hbond substituents is 1. The predicted octanol–water partition coefficient (Wildman–Crippen LogP) is 4.68. The maximum Gasteiger partial charge on any atom is 0.410 e. The zero-order chi connectivity index (χ0) is 31.5. The van der Waals surface area contributed by atoms with E-state index < -0.39 is 35.0 Å². The number of anilines is 1. The van der Waals surface area contributed by atoms with E-state index >= 15 is 4.39 Å². The van der Waals surface area contributed by atoms with Crippen LogP contribution in [0.5, 0.6) is 11.5 Å². The predicted molar refractivity (Wildman–Crippen MR) is 161 cm³/mol. The van der Waals surface area contributed by atoms with Gasteiger partial charge in [-0.15, -0.1) is 0 Å². The van der Waals surface area contributed by atoms with E-state index in [4.69, 9.17) is 26.1 Å². The van der Waals surface area contributed by atoms with Crippen LogP contribution in [-0.4, -0.2) is 78.5 Å². The zero-order valence-corrected chi connectivity index (χ0v) is 25.6. The summed E-state index contributed by atoms with van der Waals surface area (Å²) in [6, 6.07) is 3.41. The quantitative estimate of drug-likeness (QED) is 0.343. The van der Waals surface area contributed by atoms with Gasteiger partial charge in [-0.3, -0.25) is 4.98 Å². The van der Waals surface area contributed by atoms with Gasteiger partial charge in [-0.25, -0.2) is 28.5 Å². The molecule has 0 bridgehead atoms. The van der Waals surface area contributed by atoms with Gasteiger partial charge in [0.25, 0.3) is 0 Å². The molecular weight excluding hydrogens is 593 g/mol. The van der Waals surface area contributed by atoms with Crippen LogP contribution in [0.3, 0.4) is 0 Å². The Labute approximate surface area is 257 Å². The number of benzene rings is 1. The van der Waals surface area contributed by atoms with Crippen molar-refractivity contribution in [3.05, 3.63) is 57.6 Å². The molecule has 12 nitrogen and oxygen atoms in total. The molecule has 3 aromatic heterocycles. The number of rotatable bonds is 3. The van der Waals surface area contributed by atoms with E-state index in [-0.39, 0.29) is 58.4 Å². The van der Waals surface area contributed by atoms with Crippen LogP contribution in [-0.2, 0) is 4.74 Å². The fourth-order valence-corrected chi connectivity index (χ4v) is 5.78. The van der Waals surface area contributed by atoms with Crippen LogP contribution >= 0.6 is 11.6 Å². The SMILES string of the molecule is CC(C)c1nccnc1-n1c(=O)nc2c3c(c(Cl)c(-c4c(O)cccc4F)nc31)OC[C@H]1CN(C(=O)OC(C)(C)C)CCN21. The van der Waals surface area contributed by atoms with Gasteiger partial charge in [-0.1, -0.05) is 31.5 Å². The molecular formula is C30H31ClFN7O5. The molecule has 1 atom stereocenters. The summed E-state index contributed by atoms with van der Waals surface area (Å²) < 4.78 is 28.3. The van der Waals surface area contributed by atoms with Gasteiger partial charge in [-0.05, 0) is 38.8 Å². The first-order valence-corrected chi connectivity index (χ1v) is 14.6. The average Bonchev–Trinajstić information content (AvgIpc) is 3.11. The van der Waals surface area contributed by atoms with E-state index in [0.717, 1.165) is 0 Å². The summed E-state index contributed by atoms with van der Waals surface area (Å²) in [6.45, 7) is 10.1. The number of aromatic nitrogens is 5. The molecule has 2 aliphatic rings. The smallest absolute Gasteiger partial charge is 0.410 e. The fraction of sp³-hybridized carbons (Fsp3) is 0.400. The molecule has 4 aromatic rings. The lowest BCUT2D eigenvalue weighted by atomic mass is 10.1. The van der Waals surface area contributed by atoms with Crippen molar-refractivity contribution in [1.29, 1.82) is 0 Å². The number of pyridine rings is 1. The van der Waals surface area contributed by atoms with Crippen LogP contribution in [0.1, 0.15) is 46.2 Å². The van der Waals surface area contributed by atoms with Crippen molar-refractivity contribution in [3.8, 4) is 28.6 Å². The number of amides is 1. The van der Waals surface area contributed by atoms with Crippen LogP contribution < -0.4 is 15.3 Å². The van der Waals surface area contributed by atoms with Gasteiger partial charge in [0.2, 0.25) is 0 Å². The molecule has 2 aliphatic heterocycles. The van der Waals surface area contributed by atoms with Crippen LogP contribution in [0.4, 0.5) is 15.0 Å². The van der Waals surface area contributed by atoms with E-state index in [1.54, 1.807) is 25.7 Å². The van der Waals surface area contributed by atoms with Crippen molar-refractivity contribution < 1.29 is 23.8 Å². The number of halogens is 2. The third-order valence-corrected chi connectivity index (χ3v) is 7.77. The summed E-state index contributed by atoms with van der Waals surface area (Å²) >= 11 is 6.90. The monoisotopic (exact) mass is 623 g/mol. The van der Waals surface area contributed by atoms with Gasteiger partial charge < -0.3 is 24.4 Å². The van der Waals surface area contributed by atoms with Gasteiger partial charge in [0.05, 0.1) is 17.3 Å². The summed E-state index contributed by atoms with van der Waals surface area (Å²) in [5, 5.41) is 10.9. The summed E-state index contributed by atoms with van der Waals surface area (Å²) in [5.41, 5.74) is -1.19. The molecule has 1 N–H and O–H groups in total. The lowest BCUT2D eigenvalue weighted by Gasteiger charge is -2.41. The van der Waals surface area contributed by atoms with E-state index in [1.807, 2.05) is 18.7 Å². The summed E-state index contributed by atoms with van der Waals surface area (Å²) in [5.74, 6) is -0.716. The van der Waals surface area contributed by atoms with E-state index in [0.29, 0.717) is 24.2 Å². The number of aromatic hydroxyl groups is 1. The van der Waals surface area contributed by atoms with Gasteiger partial charge in [0.1, 0.15) is 45.7 Å². The number of fused-ring (bicyclic) bond motifs is 2. The Hall–Kier alpha value is -4.52. The highest BCUT2D eigenvalue weighted by molar-refractivity contribution is 6.36. The summed E-state index contributed by atoms with van der Waals surface area (Å²) in [6.07, 6.45) is 2.51. The second-order valence-corrected chi connectivity index (χ2v) is 12.4. The van der Waals surface area contributed by atoms with Crippen LogP contribution in [0.2, 0.25) is 5.02 Å². The van der Waals surface area contributed by atoms with Crippen molar-refractivity contribution in [1.82, 2.24) is 29.4 Å². The Balaban J connectivity index is 1.60. The Morgan fingerprint density at radius 3 is 2.61 bits per heavy atom. The minimum Gasteiger partial charge on any atom is -0.507 e. The lowest BCUT2D eigenvalue weighted by molar-refractivity contribution is 0.0202. The minimum atomic E-state index is -0.768. The van der Waals surface area contributed by atoms with Crippen LogP contribution in [0.15, 0.2) is 35.4 Å². The third kappa shape index (κ3) is 5.04. The Morgan fingerprint density at radius 2 is 1.91 bits per heavy atom. The summed E-state index contributed by atoms with van der Waals surface area (Å²) in [4.78, 5) is 48.4. The molecule has 0 spiro atoms. The highest BCUT2D eigenvalue weighted by Gasteiger charge is 2.39. The van der Waals surface area contributed by atoms with Gasteiger partial charge >= 0.3 is 11.8 Å². The van der Waals surface area contributed by atoms with Gasteiger partial charge in [-0.2, -0.15) is 4.98 Å². The van der Waals surface area contributed by atoms with Crippen LogP contribution in [0.25, 0.3) is 28.1 Å². The average molecular weight is 624 g/mol. The lowest BCUT2D eigenvalue weighted by Crippen LogP contribution is -2.57. The molecule has 1 aromatic carbocycles. The first-order valence-electron chi connectivity index (χ1n) is 14.2. The largest absolute Gasteiger partial charge is 0.507 e. The van der Waals surface area contributed by atoms with Crippen molar-refractivity contribution in [2.45, 2.75) is 52.2 Å². The summed E-state index contributed by atoms with van der Waals surface area (Å²) in [7, 11) is 0. The molecule has 230 valence electrons. The highest BCUT2D eigenvalue weighted by Crippen LogP contribution is 2.47. The first-order chi connectivity index (χ1) is 20.9. The molecule has 6 rings (SSSR count). The number of carbonyl (C=O) groups excluding carboxylic acids is 1. The fourth-order valence-electron chi connectivity index (χ4n) is 5.50. The van der Waals surface area contributed by atoms with Crippen molar-refractivity contribution in [2.24, 2.45) is 0 Å². The Bertz CT molecular complexity index is 1840. The molecule has 44 heavy (non-hydrogen) atoms. The molecule has 5 heterocycles. The van der Waals surface area contributed by atoms with E-state index in [1.165, 1.54) is 35.2 Å². The number of phenols is 1. The number of ether oxygens (including phenoxy) is 2. The molecule has 0 radical (unpaired) electrons. The molecule has 1 saturated heterocycles. The standard InChI is InChI=1S/C30H31ClFN7O5/c1-15(2)22-27(34-10-9-33-22)39-26-20-24(21(31)23(35-26)19-17(32)7-6-8-18(19)40)43-14-16-13-37(29(42)44-30(3,4)5)11-12-38(16)25(20)36-28(39)41/h6-10,15-16,40H,11-14H2,1-5H3/t16-/m1/s1. The van der Waals surface area contributed by atoms with E-state index in [9.17, 15) is 14.7 Å². The second kappa shape index (κ2) is 10.9. The maximum absolute atomic E-state index is 15.2. The zero-order valence-electron chi connectivity index (χ0n) is 24.8. The van der Waals surface area contributed by atoms with Crippen molar-refractivity contribution >= 4 is 34.5 Å².